The first-order valence-electron chi connectivity index (χ1n) is 7.07. The molecule has 6 nitrogen and oxygen atoms in total. The maximum absolute atomic E-state index is 11.9. The molecule has 1 heterocycles. The zero-order chi connectivity index (χ0) is 15.1. The van der Waals surface area contributed by atoms with Crippen molar-refractivity contribution in [1.29, 1.82) is 0 Å². The lowest BCUT2D eigenvalue weighted by atomic mass is 9.61. The quantitative estimate of drug-likeness (QED) is 0.427. The number of carbonyl (C=O) groups is 3. The summed E-state index contributed by atoms with van der Waals surface area (Å²) in [6.45, 7) is 5.13. The Morgan fingerprint density at radius 3 is 2.67 bits per heavy atom. The van der Waals surface area contributed by atoms with Crippen LogP contribution in [0.3, 0.4) is 0 Å². The lowest BCUT2D eigenvalue weighted by molar-refractivity contribution is -0.179. The molecule has 0 aromatic carbocycles. The van der Waals surface area contributed by atoms with Gasteiger partial charge in [0.15, 0.2) is 0 Å². The molecule has 4 fully saturated rings. The average Bonchev–Trinajstić information content (AvgIpc) is 2.95. The van der Waals surface area contributed by atoms with Crippen LogP contribution >= 0.6 is 0 Å². The largest absolute Gasteiger partial charge is 0.469 e. The summed E-state index contributed by atoms with van der Waals surface area (Å²) in [5.41, 5.74) is 0.0956. The third-order valence-corrected chi connectivity index (χ3v) is 5.73. The number of rotatable bonds is 3. The van der Waals surface area contributed by atoms with Crippen LogP contribution < -0.4 is 0 Å². The molecule has 4 aliphatic rings. The van der Waals surface area contributed by atoms with Gasteiger partial charge in [0.25, 0.3) is 0 Å². The lowest BCUT2D eigenvalue weighted by Gasteiger charge is -2.43. The molecule has 0 radical (unpaired) electrons. The van der Waals surface area contributed by atoms with Crippen LogP contribution in [0.1, 0.15) is 13.3 Å². The van der Waals surface area contributed by atoms with Gasteiger partial charge in [0.1, 0.15) is 12.2 Å². The Hall–Kier alpha value is -1.85. The zero-order valence-corrected chi connectivity index (χ0v) is 11.8. The third-order valence-electron chi connectivity index (χ3n) is 5.73. The van der Waals surface area contributed by atoms with Gasteiger partial charge in [-0.15, -0.1) is 0 Å². The van der Waals surface area contributed by atoms with Crippen molar-refractivity contribution in [3.63, 3.8) is 0 Å². The molecule has 0 amide bonds. The maximum Gasteiger partial charge on any atom is 0.333 e. The Morgan fingerprint density at radius 2 is 2.05 bits per heavy atom. The van der Waals surface area contributed by atoms with Crippen LogP contribution in [-0.4, -0.2) is 37.2 Å². The molecule has 1 aliphatic heterocycles. The molecule has 0 aromatic heterocycles. The highest BCUT2D eigenvalue weighted by Gasteiger charge is 2.93. The minimum absolute atomic E-state index is 0.132. The predicted octanol–water partition coefficient (Wildman–Crippen LogP) is 0.455. The number of hydrogen-bond acceptors (Lipinski definition) is 6. The van der Waals surface area contributed by atoms with E-state index in [2.05, 4.69) is 6.58 Å². The van der Waals surface area contributed by atoms with Gasteiger partial charge in [0, 0.05) is 17.4 Å². The van der Waals surface area contributed by atoms with E-state index in [0.717, 1.165) is 0 Å². The summed E-state index contributed by atoms with van der Waals surface area (Å²) in [5, 5.41) is 0. The molecule has 0 N–H and O–H groups in total. The highest BCUT2D eigenvalue weighted by Crippen LogP contribution is 2.87. The van der Waals surface area contributed by atoms with Crippen LogP contribution in [0.2, 0.25) is 0 Å². The van der Waals surface area contributed by atoms with Crippen LogP contribution in [0, 0.1) is 29.1 Å². The first kappa shape index (κ1) is 12.9. The van der Waals surface area contributed by atoms with Gasteiger partial charge in [-0.1, -0.05) is 6.58 Å². The molecule has 7 atom stereocenters. The van der Waals surface area contributed by atoms with E-state index in [1.807, 2.05) is 0 Å². The highest BCUT2D eigenvalue weighted by molar-refractivity contribution is 5.88. The van der Waals surface area contributed by atoms with Crippen molar-refractivity contribution in [2.75, 3.05) is 7.11 Å². The molecule has 3 aliphatic carbocycles. The minimum Gasteiger partial charge on any atom is -0.469 e. The van der Waals surface area contributed by atoms with Gasteiger partial charge in [0.05, 0.1) is 19.4 Å². The molecular formula is C15H16O6. The van der Waals surface area contributed by atoms with E-state index in [-0.39, 0.29) is 41.0 Å². The Kier molecular flexibility index (Phi) is 2.25. The second-order valence-electron chi connectivity index (χ2n) is 6.52. The molecule has 2 bridgehead atoms. The SMILES string of the molecule is C=C(C)C(=O)OC1C2OC(=O)CC34C1C(C(=O)OC)C3C24. The van der Waals surface area contributed by atoms with Gasteiger partial charge < -0.3 is 14.2 Å². The summed E-state index contributed by atoms with van der Waals surface area (Å²) in [7, 11) is 1.35. The standard InChI is InChI=1S/C15H16O6/c1-5(2)13(17)21-11-9-7(14(18)19-3)8-10-12(11)20-6(16)4-15(8,9)10/h7-12H,1,4H2,2-3H3. The molecule has 112 valence electrons. The molecule has 1 spiro atoms. The highest BCUT2D eigenvalue weighted by atomic mass is 16.6. The average molecular weight is 292 g/mol. The number of methoxy groups -OCH3 is 1. The van der Waals surface area contributed by atoms with Gasteiger partial charge in [0.2, 0.25) is 0 Å². The second-order valence-corrected chi connectivity index (χ2v) is 6.52. The first-order valence-corrected chi connectivity index (χ1v) is 7.07. The van der Waals surface area contributed by atoms with Crippen molar-refractivity contribution in [2.24, 2.45) is 29.1 Å². The van der Waals surface area contributed by atoms with Gasteiger partial charge in [-0.3, -0.25) is 9.59 Å². The Morgan fingerprint density at radius 1 is 1.33 bits per heavy atom. The fraction of sp³-hybridized carbons (Fsp3) is 0.667. The molecule has 21 heavy (non-hydrogen) atoms. The summed E-state index contributed by atoms with van der Waals surface area (Å²) >= 11 is 0. The summed E-state index contributed by atoms with van der Waals surface area (Å²) < 4.78 is 15.7. The van der Waals surface area contributed by atoms with Crippen molar-refractivity contribution < 1.29 is 28.6 Å². The Bertz CT molecular complexity index is 595. The van der Waals surface area contributed by atoms with Crippen LogP contribution in [0.4, 0.5) is 0 Å². The van der Waals surface area contributed by atoms with E-state index >= 15 is 0 Å². The fourth-order valence-corrected chi connectivity index (χ4v) is 5.12. The van der Waals surface area contributed by atoms with E-state index in [0.29, 0.717) is 12.0 Å². The van der Waals surface area contributed by atoms with E-state index < -0.39 is 18.2 Å². The fourth-order valence-electron chi connectivity index (χ4n) is 5.12. The number of carbonyl (C=O) groups excluding carboxylic acids is 3. The predicted molar refractivity (Wildman–Crippen MR) is 67.6 cm³/mol. The van der Waals surface area contributed by atoms with E-state index in [1.54, 1.807) is 6.92 Å². The zero-order valence-electron chi connectivity index (χ0n) is 11.8. The molecular weight excluding hydrogens is 276 g/mol. The molecule has 4 rings (SSSR count). The van der Waals surface area contributed by atoms with Crippen molar-refractivity contribution in [2.45, 2.75) is 25.6 Å². The maximum atomic E-state index is 11.9. The van der Waals surface area contributed by atoms with E-state index in [1.165, 1.54) is 7.11 Å². The van der Waals surface area contributed by atoms with Gasteiger partial charge in [-0.05, 0) is 18.3 Å². The molecule has 1 saturated heterocycles. The second kappa shape index (κ2) is 3.67. The Balaban J connectivity index is 1.65. The van der Waals surface area contributed by atoms with Crippen LogP contribution in [0.5, 0.6) is 0 Å². The van der Waals surface area contributed by atoms with Crippen molar-refractivity contribution in [3.05, 3.63) is 12.2 Å². The van der Waals surface area contributed by atoms with Gasteiger partial charge >= 0.3 is 17.9 Å². The van der Waals surface area contributed by atoms with E-state index in [4.69, 9.17) is 14.2 Å². The number of hydrogen-bond donors (Lipinski definition) is 0. The summed E-state index contributed by atoms with van der Waals surface area (Å²) in [4.78, 5) is 35.5. The molecule has 0 aromatic rings. The van der Waals surface area contributed by atoms with Crippen molar-refractivity contribution >= 4 is 17.9 Å². The van der Waals surface area contributed by atoms with Crippen molar-refractivity contribution in [3.8, 4) is 0 Å². The van der Waals surface area contributed by atoms with Gasteiger partial charge in [-0.25, -0.2) is 4.79 Å². The normalized spacial score (nSPS) is 47.6. The topological polar surface area (TPSA) is 78.9 Å². The minimum atomic E-state index is -0.556. The Labute approximate surface area is 121 Å². The number of esters is 3. The van der Waals surface area contributed by atoms with Crippen LogP contribution in [0.25, 0.3) is 0 Å². The third kappa shape index (κ3) is 1.27. The van der Waals surface area contributed by atoms with Gasteiger partial charge in [-0.2, -0.15) is 0 Å². The summed E-state index contributed by atoms with van der Waals surface area (Å²) in [5.74, 6) is -1.23. The lowest BCUT2D eigenvalue weighted by Crippen LogP contribution is -2.53. The molecule has 3 saturated carbocycles. The van der Waals surface area contributed by atoms with E-state index in [9.17, 15) is 14.4 Å². The smallest absolute Gasteiger partial charge is 0.333 e. The summed E-state index contributed by atoms with van der Waals surface area (Å²) in [6.07, 6.45) is -0.650. The monoisotopic (exact) mass is 292 g/mol. The molecule has 6 heteroatoms. The molecule has 7 unspecified atom stereocenters. The first-order chi connectivity index (χ1) is 9.93. The van der Waals surface area contributed by atoms with Crippen LogP contribution in [-0.2, 0) is 28.6 Å². The van der Waals surface area contributed by atoms with Crippen LogP contribution in [0.15, 0.2) is 12.2 Å². The number of ether oxygens (including phenoxy) is 3. The van der Waals surface area contributed by atoms with Crippen molar-refractivity contribution in [1.82, 2.24) is 0 Å². The summed E-state index contributed by atoms with van der Waals surface area (Å²) in [6, 6.07) is 0.